The molecule has 0 saturated carbocycles. The molecule has 4 N–H and O–H groups in total. The molecule has 0 aliphatic rings. The minimum Gasteiger partial charge on any atom is -0.491 e. The zero-order chi connectivity index (χ0) is 19.6. The van der Waals surface area contributed by atoms with E-state index in [2.05, 4.69) is 10.3 Å². The average Bonchev–Trinajstić information content (AvgIpc) is 2.72. The maximum atomic E-state index is 10.00. The molecule has 28 heavy (non-hydrogen) atoms. The molecule has 3 aromatic rings. The van der Waals surface area contributed by atoms with E-state index in [1.807, 2.05) is 84.9 Å². The van der Waals surface area contributed by atoms with Gasteiger partial charge in [0.25, 0.3) is 0 Å². The number of guanidine groups is 1. The van der Waals surface area contributed by atoms with Gasteiger partial charge in [0.15, 0.2) is 5.96 Å². The molecule has 144 valence electrons. The van der Waals surface area contributed by atoms with E-state index in [0.29, 0.717) is 11.5 Å². The predicted molar refractivity (Wildman–Crippen MR) is 111 cm³/mol. The van der Waals surface area contributed by atoms with Gasteiger partial charge in [-0.2, -0.15) is 0 Å². The Morgan fingerprint density at radius 3 is 2.25 bits per heavy atom. The van der Waals surface area contributed by atoms with Crippen molar-refractivity contribution in [3.8, 4) is 17.2 Å². The van der Waals surface area contributed by atoms with Crippen LogP contribution in [0.5, 0.6) is 17.2 Å². The van der Waals surface area contributed by atoms with Gasteiger partial charge in [-0.25, -0.2) is 0 Å². The first kappa shape index (κ1) is 19.3. The van der Waals surface area contributed by atoms with Gasteiger partial charge in [-0.3, -0.25) is 4.99 Å². The van der Waals surface area contributed by atoms with Crippen LogP contribution in [-0.4, -0.2) is 30.3 Å². The highest BCUT2D eigenvalue weighted by atomic mass is 16.5. The van der Waals surface area contributed by atoms with Gasteiger partial charge in [0.05, 0.1) is 6.54 Å². The summed E-state index contributed by atoms with van der Waals surface area (Å²) in [4.78, 5) is 4.16. The zero-order valence-corrected chi connectivity index (χ0v) is 15.4. The monoisotopic (exact) mass is 377 g/mol. The molecule has 3 rings (SSSR count). The van der Waals surface area contributed by atoms with E-state index in [1.54, 1.807) is 0 Å². The lowest BCUT2D eigenvalue weighted by Crippen LogP contribution is -2.27. The fourth-order valence-electron chi connectivity index (χ4n) is 2.41. The van der Waals surface area contributed by atoms with Gasteiger partial charge < -0.3 is 25.6 Å². The first-order valence-corrected chi connectivity index (χ1v) is 8.95. The molecule has 1 atom stereocenters. The Morgan fingerprint density at radius 2 is 1.54 bits per heavy atom. The molecule has 0 spiro atoms. The minimum atomic E-state index is -0.756. The number of aliphatic hydroxyl groups is 1. The van der Waals surface area contributed by atoms with Crippen molar-refractivity contribution in [2.45, 2.75) is 6.10 Å². The third kappa shape index (κ3) is 6.34. The van der Waals surface area contributed by atoms with E-state index in [0.717, 1.165) is 11.4 Å². The highest BCUT2D eigenvalue weighted by Crippen LogP contribution is 2.23. The van der Waals surface area contributed by atoms with E-state index in [-0.39, 0.29) is 19.1 Å². The fraction of sp³-hybridized carbons (Fsp3) is 0.136. The van der Waals surface area contributed by atoms with Gasteiger partial charge in [0, 0.05) is 11.8 Å². The Balaban J connectivity index is 1.49. The number of rotatable bonds is 8. The van der Waals surface area contributed by atoms with Crippen molar-refractivity contribution in [1.29, 1.82) is 0 Å². The van der Waals surface area contributed by atoms with E-state index >= 15 is 0 Å². The summed E-state index contributed by atoms with van der Waals surface area (Å²) in [6, 6.07) is 26.2. The molecular weight excluding hydrogens is 354 g/mol. The lowest BCUT2D eigenvalue weighted by atomic mass is 10.3. The van der Waals surface area contributed by atoms with Crippen LogP contribution in [0.2, 0.25) is 0 Å². The highest BCUT2D eigenvalue weighted by molar-refractivity contribution is 5.92. The number of para-hydroxylation sites is 2. The van der Waals surface area contributed by atoms with Gasteiger partial charge in [-0.15, -0.1) is 0 Å². The van der Waals surface area contributed by atoms with Crippen molar-refractivity contribution in [2.24, 2.45) is 10.7 Å². The second kappa shape index (κ2) is 9.99. The van der Waals surface area contributed by atoms with Crippen LogP contribution in [-0.2, 0) is 0 Å². The zero-order valence-electron chi connectivity index (χ0n) is 15.4. The molecular formula is C22H23N3O3. The third-order valence-corrected chi connectivity index (χ3v) is 3.74. The van der Waals surface area contributed by atoms with Gasteiger partial charge in [-0.1, -0.05) is 42.5 Å². The van der Waals surface area contributed by atoms with Gasteiger partial charge in [0.2, 0.25) is 0 Å². The van der Waals surface area contributed by atoms with Crippen molar-refractivity contribution in [3.05, 3.63) is 84.9 Å². The number of hydrogen-bond acceptors (Lipinski definition) is 4. The lowest BCUT2D eigenvalue weighted by Gasteiger charge is -2.12. The molecule has 0 bridgehead atoms. The van der Waals surface area contributed by atoms with E-state index in [4.69, 9.17) is 15.2 Å². The van der Waals surface area contributed by atoms with Crippen LogP contribution in [0.25, 0.3) is 0 Å². The molecule has 0 fully saturated rings. The molecule has 0 aliphatic carbocycles. The summed E-state index contributed by atoms with van der Waals surface area (Å²) in [6.07, 6.45) is -0.756. The van der Waals surface area contributed by atoms with Gasteiger partial charge in [0.1, 0.15) is 30.0 Å². The fourth-order valence-corrected chi connectivity index (χ4v) is 2.41. The van der Waals surface area contributed by atoms with Crippen molar-refractivity contribution < 1.29 is 14.6 Å². The van der Waals surface area contributed by atoms with Crippen LogP contribution >= 0.6 is 0 Å². The predicted octanol–water partition coefficient (Wildman–Crippen LogP) is 3.65. The summed E-state index contributed by atoms with van der Waals surface area (Å²) in [7, 11) is 0. The molecule has 0 radical (unpaired) electrons. The maximum Gasteiger partial charge on any atom is 0.193 e. The van der Waals surface area contributed by atoms with Gasteiger partial charge in [-0.05, 0) is 36.4 Å². The first-order chi connectivity index (χ1) is 13.7. The molecule has 1 unspecified atom stereocenters. The van der Waals surface area contributed by atoms with Crippen LogP contribution < -0.4 is 20.5 Å². The van der Waals surface area contributed by atoms with Crippen LogP contribution in [0.15, 0.2) is 89.9 Å². The van der Waals surface area contributed by atoms with Gasteiger partial charge >= 0.3 is 0 Å². The van der Waals surface area contributed by atoms with Crippen LogP contribution in [0.1, 0.15) is 0 Å². The number of benzene rings is 3. The lowest BCUT2D eigenvalue weighted by molar-refractivity contribution is 0.114. The molecule has 0 heterocycles. The van der Waals surface area contributed by atoms with Crippen molar-refractivity contribution >= 4 is 11.6 Å². The summed E-state index contributed by atoms with van der Waals surface area (Å²) < 4.78 is 11.3. The summed E-state index contributed by atoms with van der Waals surface area (Å²) in [5, 5.41) is 13.0. The number of hydrogen-bond donors (Lipinski definition) is 3. The Labute approximate surface area is 164 Å². The molecule has 0 saturated heterocycles. The SMILES string of the molecule is NC(=NCC(O)COc1ccccc1)Nc1cccc(Oc2ccccc2)c1. The van der Waals surface area contributed by atoms with E-state index < -0.39 is 6.10 Å². The average molecular weight is 377 g/mol. The number of aliphatic hydroxyl groups excluding tert-OH is 1. The molecule has 0 aromatic heterocycles. The number of aliphatic imine (C=N–C) groups is 1. The quantitative estimate of drug-likeness (QED) is 0.412. The topological polar surface area (TPSA) is 89.1 Å². The number of nitrogens with two attached hydrogens (primary N) is 1. The van der Waals surface area contributed by atoms with Crippen molar-refractivity contribution in [1.82, 2.24) is 0 Å². The third-order valence-electron chi connectivity index (χ3n) is 3.74. The Hall–Kier alpha value is -3.51. The standard InChI is InChI=1S/C22H23N3O3/c23-22(24-15-18(26)16-27-19-9-3-1-4-10-19)25-17-8-7-13-21(14-17)28-20-11-5-2-6-12-20/h1-14,18,26H,15-16H2,(H3,23,24,25). The summed E-state index contributed by atoms with van der Waals surface area (Å²) in [5.74, 6) is 2.34. The van der Waals surface area contributed by atoms with E-state index in [1.165, 1.54) is 0 Å². The van der Waals surface area contributed by atoms with Crippen molar-refractivity contribution in [2.75, 3.05) is 18.5 Å². The van der Waals surface area contributed by atoms with Crippen LogP contribution in [0.3, 0.4) is 0 Å². The van der Waals surface area contributed by atoms with Crippen molar-refractivity contribution in [3.63, 3.8) is 0 Å². The second-order valence-corrected chi connectivity index (χ2v) is 6.07. The molecule has 6 heteroatoms. The number of ether oxygens (including phenoxy) is 2. The number of anilines is 1. The normalized spacial score (nSPS) is 12.2. The van der Waals surface area contributed by atoms with Crippen LogP contribution in [0.4, 0.5) is 5.69 Å². The van der Waals surface area contributed by atoms with Crippen LogP contribution in [0, 0.1) is 0 Å². The first-order valence-electron chi connectivity index (χ1n) is 8.95. The number of nitrogens with zero attached hydrogens (tertiary/aromatic N) is 1. The Bertz CT molecular complexity index is 886. The maximum absolute atomic E-state index is 10.00. The Morgan fingerprint density at radius 1 is 0.893 bits per heavy atom. The highest BCUT2D eigenvalue weighted by Gasteiger charge is 2.05. The molecule has 3 aromatic carbocycles. The second-order valence-electron chi connectivity index (χ2n) is 6.07. The summed E-state index contributed by atoms with van der Waals surface area (Å²) >= 11 is 0. The summed E-state index contributed by atoms with van der Waals surface area (Å²) in [5.41, 5.74) is 6.65. The molecule has 0 aliphatic heterocycles. The molecule has 6 nitrogen and oxygen atoms in total. The van der Waals surface area contributed by atoms with E-state index in [9.17, 15) is 5.11 Å². The smallest absolute Gasteiger partial charge is 0.193 e. The minimum absolute atomic E-state index is 0.131. The number of nitrogens with one attached hydrogen (secondary N) is 1. The Kier molecular flexibility index (Phi) is 6.87. The summed E-state index contributed by atoms with van der Waals surface area (Å²) in [6.45, 7) is 0.271. The largest absolute Gasteiger partial charge is 0.491 e. The molecule has 0 amide bonds.